The van der Waals surface area contributed by atoms with E-state index in [9.17, 15) is 13.6 Å². The summed E-state index contributed by atoms with van der Waals surface area (Å²) in [6.45, 7) is 2.44. The number of benzene rings is 2. The highest BCUT2D eigenvalue weighted by Gasteiger charge is 2.17. The second-order valence-electron chi connectivity index (χ2n) is 4.64. The summed E-state index contributed by atoms with van der Waals surface area (Å²) in [5.41, 5.74) is 0.126. The first-order chi connectivity index (χ1) is 10.1. The molecule has 0 spiro atoms. The third-order valence-corrected chi connectivity index (χ3v) is 3.05. The highest BCUT2D eigenvalue weighted by atomic mass is 19.1. The highest BCUT2D eigenvalue weighted by Crippen LogP contribution is 2.22. The lowest BCUT2D eigenvalue weighted by molar-refractivity contribution is 0.0986. The lowest BCUT2D eigenvalue weighted by atomic mass is 10.0. The van der Waals surface area contributed by atoms with Crippen molar-refractivity contribution in [2.45, 2.75) is 19.8 Å². The number of carbonyl (C=O) groups excluding carboxylic acids is 1. The van der Waals surface area contributed by atoms with Crippen LogP contribution in [0.2, 0.25) is 0 Å². The van der Waals surface area contributed by atoms with Crippen LogP contribution in [-0.2, 0) is 6.42 Å². The monoisotopic (exact) mass is 290 g/mol. The number of halogens is 2. The highest BCUT2D eigenvalue weighted by molar-refractivity contribution is 6.00. The maximum Gasteiger partial charge on any atom is 0.171 e. The van der Waals surface area contributed by atoms with E-state index in [-0.39, 0.29) is 17.8 Å². The van der Waals surface area contributed by atoms with Gasteiger partial charge in [0.2, 0.25) is 0 Å². The van der Waals surface area contributed by atoms with Crippen LogP contribution in [0.4, 0.5) is 8.78 Å². The van der Waals surface area contributed by atoms with Crippen LogP contribution in [0.25, 0.3) is 0 Å². The fourth-order valence-corrected chi connectivity index (χ4v) is 1.99. The summed E-state index contributed by atoms with van der Waals surface area (Å²) in [7, 11) is 0. The van der Waals surface area contributed by atoms with Crippen molar-refractivity contribution in [2.75, 3.05) is 6.61 Å². The number of ketones is 1. The number of para-hydroxylation sites is 1. The van der Waals surface area contributed by atoms with Crippen molar-refractivity contribution in [3.8, 4) is 5.75 Å². The van der Waals surface area contributed by atoms with Crippen molar-refractivity contribution in [1.82, 2.24) is 0 Å². The Morgan fingerprint density at radius 3 is 2.38 bits per heavy atom. The second-order valence-corrected chi connectivity index (χ2v) is 4.64. The largest absolute Gasteiger partial charge is 0.493 e. The van der Waals surface area contributed by atoms with Crippen LogP contribution in [0.3, 0.4) is 0 Å². The first-order valence-electron chi connectivity index (χ1n) is 6.81. The molecule has 0 radical (unpaired) electrons. The Hall–Kier alpha value is -2.23. The number of Topliss-reactive ketones (excluding diaryl/α,β-unsaturated/α-hetero) is 1. The fraction of sp³-hybridized carbons (Fsp3) is 0.235. The van der Waals surface area contributed by atoms with Crippen LogP contribution in [0, 0.1) is 11.6 Å². The molecule has 0 aromatic heterocycles. The van der Waals surface area contributed by atoms with Crippen LogP contribution < -0.4 is 4.74 Å². The molecular formula is C17H16F2O2. The average Bonchev–Trinajstić information content (AvgIpc) is 2.49. The Bertz CT molecular complexity index is 618. The zero-order valence-corrected chi connectivity index (χ0v) is 11.7. The predicted octanol–water partition coefficient (Wildman–Crippen LogP) is 4.18. The van der Waals surface area contributed by atoms with Crippen LogP contribution in [0.15, 0.2) is 42.5 Å². The number of hydrogen-bond acceptors (Lipinski definition) is 2. The predicted molar refractivity (Wildman–Crippen MR) is 76.6 cm³/mol. The van der Waals surface area contributed by atoms with E-state index < -0.39 is 11.6 Å². The third-order valence-electron chi connectivity index (χ3n) is 3.05. The van der Waals surface area contributed by atoms with E-state index in [1.165, 1.54) is 6.07 Å². The molecular weight excluding hydrogens is 274 g/mol. The van der Waals surface area contributed by atoms with Gasteiger partial charge < -0.3 is 4.74 Å². The molecule has 0 saturated heterocycles. The van der Waals surface area contributed by atoms with E-state index >= 15 is 0 Å². The van der Waals surface area contributed by atoms with Gasteiger partial charge in [0.1, 0.15) is 17.4 Å². The van der Waals surface area contributed by atoms with Gasteiger partial charge in [-0.3, -0.25) is 4.79 Å². The Labute approximate surface area is 122 Å². The van der Waals surface area contributed by atoms with Crippen molar-refractivity contribution in [3.63, 3.8) is 0 Å². The maximum atomic E-state index is 13.6. The quantitative estimate of drug-likeness (QED) is 0.746. The fourth-order valence-electron chi connectivity index (χ4n) is 1.99. The van der Waals surface area contributed by atoms with Gasteiger partial charge in [-0.15, -0.1) is 0 Å². The SMILES string of the molecule is CCCOc1ccccc1C(=O)Cc1c(F)cccc1F. The summed E-state index contributed by atoms with van der Waals surface area (Å²) >= 11 is 0. The zero-order chi connectivity index (χ0) is 15.2. The molecule has 0 bridgehead atoms. The standard InChI is InChI=1S/C17H16F2O2/c1-2-10-21-17-9-4-3-6-12(17)16(20)11-13-14(18)7-5-8-15(13)19/h3-9H,2,10-11H2,1H3. The van der Waals surface area contributed by atoms with Crippen LogP contribution in [-0.4, -0.2) is 12.4 Å². The lowest BCUT2D eigenvalue weighted by Gasteiger charge is -2.10. The molecule has 0 atom stereocenters. The third kappa shape index (κ3) is 3.66. The number of hydrogen-bond donors (Lipinski definition) is 0. The Balaban J connectivity index is 2.25. The van der Waals surface area contributed by atoms with E-state index in [4.69, 9.17) is 4.74 Å². The van der Waals surface area contributed by atoms with E-state index in [0.29, 0.717) is 17.9 Å². The van der Waals surface area contributed by atoms with Crippen molar-refractivity contribution in [3.05, 3.63) is 65.2 Å². The molecule has 0 saturated carbocycles. The van der Waals surface area contributed by atoms with Crippen molar-refractivity contribution < 1.29 is 18.3 Å². The minimum Gasteiger partial charge on any atom is -0.493 e. The van der Waals surface area contributed by atoms with Crippen LogP contribution in [0.5, 0.6) is 5.75 Å². The second kappa shape index (κ2) is 6.97. The molecule has 0 heterocycles. The molecule has 2 aromatic carbocycles. The Morgan fingerprint density at radius 2 is 1.71 bits per heavy atom. The Kier molecular flexibility index (Phi) is 5.04. The van der Waals surface area contributed by atoms with Gasteiger partial charge >= 0.3 is 0 Å². The van der Waals surface area contributed by atoms with Crippen LogP contribution in [0.1, 0.15) is 29.3 Å². The van der Waals surface area contributed by atoms with Gasteiger partial charge in [0.05, 0.1) is 12.2 Å². The molecule has 0 unspecified atom stereocenters. The van der Waals surface area contributed by atoms with E-state index in [1.54, 1.807) is 24.3 Å². The summed E-state index contributed by atoms with van der Waals surface area (Å²) in [6, 6.07) is 10.3. The van der Waals surface area contributed by atoms with Gasteiger partial charge in [0, 0.05) is 12.0 Å². The summed E-state index contributed by atoms with van der Waals surface area (Å²) in [6.07, 6.45) is 0.482. The molecule has 4 heteroatoms. The smallest absolute Gasteiger partial charge is 0.171 e. The molecule has 0 N–H and O–H groups in total. The zero-order valence-electron chi connectivity index (χ0n) is 11.7. The summed E-state index contributed by atoms with van der Waals surface area (Å²) < 4.78 is 32.7. The molecule has 0 fully saturated rings. The first-order valence-corrected chi connectivity index (χ1v) is 6.81. The van der Waals surface area contributed by atoms with Gasteiger partial charge in [-0.2, -0.15) is 0 Å². The number of ether oxygens (including phenoxy) is 1. The number of rotatable bonds is 6. The van der Waals surface area contributed by atoms with Gasteiger partial charge in [0.25, 0.3) is 0 Å². The van der Waals surface area contributed by atoms with Gasteiger partial charge in [-0.05, 0) is 30.7 Å². The van der Waals surface area contributed by atoms with Crippen LogP contribution >= 0.6 is 0 Å². The molecule has 0 aliphatic carbocycles. The molecule has 2 aromatic rings. The van der Waals surface area contributed by atoms with Gasteiger partial charge in [0.15, 0.2) is 5.78 Å². The normalized spacial score (nSPS) is 10.4. The average molecular weight is 290 g/mol. The summed E-state index contributed by atoms with van der Waals surface area (Å²) in [5.74, 6) is -1.35. The topological polar surface area (TPSA) is 26.3 Å². The van der Waals surface area contributed by atoms with E-state index in [0.717, 1.165) is 18.6 Å². The Morgan fingerprint density at radius 1 is 1.05 bits per heavy atom. The minimum absolute atomic E-state index is 0.215. The molecule has 110 valence electrons. The van der Waals surface area contributed by atoms with Gasteiger partial charge in [-0.25, -0.2) is 8.78 Å². The summed E-state index contributed by atoms with van der Waals surface area (Å²) in [4.78, 5) is 12.3. The number of carbonyl (C=O) groups is 1. The minimum atomic E-state index is -0.713. The van der Waals surface area contributed by atoms with Crippen molar-refractivity contribution in [1.29, 1.82) is 0 Å². The molecule has 21 heavy (non-hydrogen) atoms. The molecule has 0 amide bonds. The lowest BCUT2D eigenvalue weighted by Crippen LogP contribution is -2.09. The molecule has 2 rings (SSSR count). The van der Waals surface area contributed by atoms with Gasteiger partial charge in [-0.1, -0.05) is 25.1 Å². The van der Waals surface area contributed by atoms with E-state index in [2.05, 4.69) is 0 Å². The summed E-state index contributed by atoms with van der Waals surface area (Å²) in [5, 5.41) is 0. The maximum absolute atomic E-state index is 13.6. The van der Waals surface area contributed by atoms with Crippen molar-refractivity contribution >= 4 is 5.78 Å². The molecule has 2 nitrogen and oxygen atoms in total. The first kappa shape index (κ1) is 15.2. The van der Waals surface area contributed by atoms with E-state index in [1.807, 2.05) is 6.92 Å². The van der Waals surface area contributed by atoms with Crippen molar-refractivity contribution in [2.24, 2.45) is 0 Å². The molecule has 0 aliphatic rings. The molecule has 0 aliphatic heterocycles.